The number of hydrogen-bond donors (Lipinski definition) is 1. The van der Waals surface area contributed by atoms with E-state index in [1.54, 1.807) is 19.2 Å². The molecule has 0 aromatic heterocycles. The van der Waals surface area contributed by atoms with Gasteiger partial charge in [0.05, 0.1) is 12.1 Å². The van der Waals surface area contributed by atoms with E-state index in [0.717, 1.165) is 19.4 Å². The van der Waals surface area contributed by atoms with Crippen molar-refractivity contribution < 1.29 is 9.13 Å². The van der Waals surface area contributed by atoms with Crippen LogP contribution < -0.4 is 5.32 Å². The van der Waals surface area contributed by atoms with Crippen LogP contribution in [0.3, 0.4) is 0 Å². The van der Waals surface area contributed by atoms with Gasteiger partial charge in [0.2, 0.25) is 0 Å². The summed E-state index contributed by atoms with van der Waals surface area (Å²) in [7, 11) is 1.73. The summed E-state index contributed by atoms with van der Waals surface area (Å²) in [6, 6.07) is 4.78. The molecule has 21 heavy (non-hydrogen) atoms. The first-order valence-corrected chi connectivity index (χ1v) is 8.26. The van der Waals surface area contributed by atoms with E-state index in [9.17, 15) is 4.39 Å². The number of likely N-dealkylation sites (N-methyl/N-ethyl adjacent to an activating group) is 1. The second-order valence-corrected chi connectivity index (χ2v) is 6.24. The molecule has 1 aromatic carbocycles. The van der Waals surface area contributed by atoms with Crippen molar-refractivity contribution in [3.8, 4) is 0 Å². The van der Waals surface area contributed by atoms with Crippen LogP contribution in [0.1, 0.15) is 50.6 Å². The molecule has 2 nitrogen and oxygen atoms in total. The lowest BCUT2D eigenvalue weighted by Gasteiger charge is -2.35. The number of nitrogens with one attached hydrogen (secondary N) is 1. The van der Waals surface area contributed by atoms with E-state index in [1.807, 2.05) is 6.92 Å². The van der Waals surface area contributed by atoms with Gasteiger partial charge in [0, 0.05) is 17.7 Å². The van der Waals surface area contributed by atoms with Crippen molar-refractivity contribution in [3.63, 3.8) is 0 Å². The van der Waals surface area contributed by atoms with Crippen LogP contribution in [0.4, 0.5) is 4.39 Å². The van der Waals surface area contributed by atoms with Crippen LogP contribution in [0.2, 0.25) is 5.02 Å². The van der Waals surface area contributed by atoms with Gasteiger partial charge in [-0.1, -0.05) is 43.9 Å². The van der Waals surface area contributed by atoms with Gasteiger partial charge in [-0.05, 0) is 37.4 Å². The highest BCUT2D eigenvalue weighted by Gasteiger charge is 2.32. The summed E-state index contributed by atoms with van der Waals surface area (Å²) in [5, 5.41) is 3.83. The number of methoxy groups -OCH3 is 1. The van der Waals surface area contributed by atoms with Crippen molar-refractivity contribution in [1.29, 1.82) is 0 Å². The number of hydrogen-bond acceptors (Lipinski definition) is 2. The van der Waals surface area contributed by atoms with Crippen LogP contribution in [-0.2, 0) is 4.74 Å². The summed E-state index contributed by atoms with van der Waals surface area (Å²) in [5.74, 6) is 0.231. The number of halogens is 2. The van der Waals surface area contributed by atoms with Crippen molar-refractivity contribution in [2.75, 3.05) is 13.7 Å². The van der Waals surface area contributed by atoms with Crippen LogP contribution in [0.5, 0.6) is 0 Å². The third kappa shape index (κ3) is 4.18. The summed E-state index contributed by atoms with van der Waals surface area (Å²) in [4.78, 5) is 0. The average molecular weight is 314 g/mol. The number of benzene rings is 1. The summed E-state index contributed by atoms with van der Waals surface area (Å²) < 4.78 is 20.1. The monoisotopic (exact) mass is 313 g/mol. The zero-order chi connectivity index (χ0) is 15.2. The molecule has 1 aliphatic rings. The summed E-state index contributed by atoms with van der Waals surface area (Å²) in [5.41, 5.74) is 0.652. The predicted octanol–water partition coefficient (Wildman–Crippen LogP) is 4.73. The van der Waals surface area contributed by atoms with E-state index in [4.69, 9.17) is 16.3 Å². The molecule has 0 bridgehead atoms. The fraction of sp³-hybridized carbons (Fsp3) is 0.647. The van der Waals surface area contributed by atoms with Gasteiger partial charge in [0.25, 0.3) is 0 Å². The molecule has 0 amide bonds. The van der Waals surface area contributed by atoms with Gasteiger partial charge in [0.15, 0.2) is 0 Å². The van der Waals surface area contributed by atoms with Crippen LogP contribution in [0.15, 0.2) is 18.2 Å². The quantitative estimate of drug-likeness (QED) is 0.820. The lowest BCUT2D eigenvalue weighted by Crippen LogP contribution is -2.39. The Kier molecular flexibility index (Phi) is 6.46. The number of rotatable bonds is 6. The molecule has 0 aliphatic heterocycles. The van der Waals surface area contributed by atoms with Gasteiger partial charge in [-0.3, -0.25) is 0 Å². The largest absolute Gasteiger partial charge is 0.379 e. The Morgan fingerprint density at radius 3 is 2.62 bits per heavy atom. The van der Waals surface area contributed by atoms with E-state index < -0.39 is 0 Å². The maximum atomic E-state index is 14.3. The Hall–Kier alpha value is -0.640. The lowest BCUT2D eigenvalue weighted by molar-refractivity contribution is 0.00708. The van der Waals surface area contributed by atoms with Gasteiger partial charge in [-0.2, -0.15) is 0 Å². The molecular weight excluding hydrogens is 289 g/mol. The minimum absolute atomic E-state index is 0.000857. The molecule has 1 aromatic rings. The fourth-order valence-electron chi connectivity index (χ4n) is 3.44. The van der Waals surface area contributed by atoms with E-state index in [2.05, 4.69) is 5.32 Å². The SMILES string of the molecule is CCNC(c1ccc(Cl)cc1F)C(OC)C1CCCCC1. The first kappa shape index (κ1) is 16.7. The molecule has 2 atom stereocenters. The van der Waals surface area contributed by atoms with E-state index in [-0.39, 0.29) is 18.0 Å². The first-order chi connectivity index (χ1) is 10.2. The highest BCUT2D eigenvalue weighted by molar-refractivity contribution is 6.30. The Balaban J connectivity index is 2.26. The molecular formula is C17H25ClFNO. The zero-order valence-corrected chi connectivity index (χ0v) is 13.6. The minimum Gasteiger partial charge on any atom is -0.379 e. The first-order valence-electron chi connectivity index (χ1n) is 7.88. The highest BCUT2D eigenvalue weighted by Crippen LogP contribution is 2.35. The molecule has 0 heterocycles. The summed E-state index contributed by atoms with van der Waals surface area (Å²) in [6.45, 7) is 2.81. The third-order valence-corrected chi connectivity index (χ3v) is 4.67. The maximum Gasteiger partial charge on any atom is 0.129 e. The second kappa shape index (κ2) is 8.11. The van der Waals surface area contributed by atoms with E-state index in [1.165, 1.54) is 25.3 Å². The molecule has 1 saturated carbocycles. The Morgan fingerprint density at radius 2 is 2.05 bits per heavy atom. The van der Waals surface area contributed by atoms with Crippen LogP contribution in [0.25, 0.3) is 0 Å². The zero-order valence-electron chi connectivity index (χ0n) is 12.9. The third-order valence-electron chi connectivity index (χ3n) is 4.44. The van der Waals surface area contributed by atoms with Crippen LogP contribution >= 0.6 is 11.6 Å². The van der Waals surface area contributed by atoms with Crippen LogP contribution in [0, 0.1) is 11.7 Å². The molecule has 0 saturated heterocycles. The Bertz CT molecular complexity index is 448. The summed E-state index contributed by atoms with van der Waals surface area (Å²) in [6.07, 6.45) is 6.11. The van der Waals surface area contributed by atoms with Crippen LogP contribution in [-0.4, -0.2) is 19.8 Å². The normalized spacial score (nSPS) is 19.4. The molecule has 1 N–H and O–H groups in total. The minimum atomic E-state index is -0.258. The molecule has 4 heteroatoms. The standard InChI is InChI=1S/C17H25ClFNO/c1-3-20-16(14-10-9-13(18)11-15(14)19)17(21-2)12-7-5-4-6-8-12/h9-12,16-17,20H,3-8H2,1-2H3. The highest BCUT2D eigenvalue weighted by atomic mass is 35.5. The van der Waals surface area contributed by atoms with E-state index >= 15 is 0 Å². The average Bonchev–Trinajstić information content (AvgIpc) is 2.48. The van der Waals surface area contributed by atoms with Crippen molar-refractivity contribution in [2.45, 2.75) is 51.2 Å². The van der Waals surface area contributed by atoms with Gasteiger partial charge in [-0.15, -0.1) is 0 Å². The van der Waals surface area contributed by atoms with E-state index in [0.29, 0.717) is 16.5 Å². The molecule has 2 unspecified atom stereocenters. The molecule has 0 spiro atoms. The number of ether oxygens (including phenoxy) is 1. The predicted molar refractivity (Wildman–Crippen MR) is 85.2 cm³/mol. The van der Waals surface area contributed by atoms with Crippen molar-refractivity contribution in [2.24, 2.45) is 5.92 Å². The second-order valence-electron chi connectivity index (χ2n) is 5.80. The van der Waals surface area contributed by atoms with Gasteiger partial charge in [-0.25, -0.2) is 4.39 Å². The van der Waals surface area contributed by atoms with Gasteiger partial charge >= 0.3 is 0 Å². The molecule has 1 aliphatic carbocycles. The summed E-state index contributed by atoms with van der Waals surface area (Å²) >= 11 is 5.87. The maximum absolute atomic E-state index is 14.3. The molecule has 0 radical (unpaired) electrons. The van der Waals surface area contributed by atoms with Crippen molar-refractivity contribution >= 4 is 11.6 Å². The van der Waals surface area contributed by atoms with Gasteiger partial charge in [0.1, 0.15) is 5.82 Å². The topological polar surface area (TPSA) is 21.3 Å². The molecule has 2 rings (SSSR count). The smallest absolute Gasteiger partial charge is 0.129 e. The van der Waals surface area contributed by atoms with Gasteiger partial charge < -0.3 is 10.1 Å². The fourth-order valence-corrected chi connectivity index (χ4v) is 3.60. The molecule has 118 valence electrons. The molecule has 1 fully saturated rings. The lowest BCUT2D eigenvalue weighted by atomic mass is 9.81. The Labute approximate surface area is 132 Å². The van der Waals surface area contributed by atoms with Crippen molar-refractivity contribution in [1.82, 2.24) is 5.32 Å². The van der Waals surface area contributed by atoms with Crippen molar-refractivity contribution in [3.05, 3.63) is 34.6 Å². The Morgan fingerprint density at radius 1 is 1.33 bits per heavy atom.